The molecule has 2 rings (SSSR count). The van der Waals surface area contributed by atoms with Gasteiger partial charge < -0.3 is 10.4 Å². The first-order valence-corrected chi connectivity index (χ1v) is 8.92. The van der Waals surface area contributed by atoms with Crippen molar-refractivity contribution in [1.29, 1.82) is 0 Å². The van der Waals surface area contributed by atoms with Gasteiger partial charge in [-0.2, -0.15) is 0 Å². The number of rotatable bonds is 5. The molecule has 1 aliphatic rings. The summed E-state index contributed by atoms with van der Waals surface area (Å²) >= 11 is 0. The lowest BCUT2D eigenvalue weighted by molar-refractivity contribution is 0.130. The number of aliphatic hydroxyl groups is 1. The van der Waals surface area contributed by atoms with Crippen LogP contribution < -0.4 is 10.0 Å². The van der Waals surface area contributed by atoms with Crippen LogP contribution >= 0.6 is 0 Å². The maximum absolute atomic E-state index is 12.6. The fourth-order valence-corrected chi connectivity index (χ4v) is 4.03. The highest BCUT2D eigenvalue weighted by Gasteiger charge is 2.28. The second-order valence-corrected chi connectivity index (χ2v) is 7.00. The van der Waals surface area contributed by atoms with Crippen molar-refractivity contribution in [1.82, 2.24) is 9.71 Å². The van der Waals surface area contributed by atoms with Crippen LogP contribution in [0.5, 0.6) is 0 Å². The van der Waals surface area contributed by atoms with Gasteiger partial charge in [-0.3, -0.25) is 0 Å². The number of hydrogen-bond acceptors (Lipinski definition) is 5. The van der Waals surface area contributed by atoms with Crippen LogP contribution in [0.25, 0.3) is 0 Å². The van der Waals surface area contributed by atoms with Gasteiger partial charge in [-0.05, 0) is 31.9 Å². The first kappa shape index (κ1) is 16.2. The fraction of sp³-hybridized carbons (Fsp3) is 0.643. The monoisotopic (exact) mass is 313 g/mol. The summed E-state index contributed by atoms with van der Waals surface area (Å²) in [5.74, 6) is 0.343. The summed E-state index contributed by atoms with van der Waals surface area (Å²) in [6.45, 7) is 2.47. The van der Waals surface area contributed by atoms with Gasteiger partial charge in [0, 0.05) is 18.8 Å². The van der Waals surface area contributed by atoms with E-state index in [-0.39, 0.29) is 4.90 Å². The maximum atomic E-state index is 12.6. The Morgan fingerprint density at radius 1 is 1.33 bits per heavy atom. The van der Waals surface area contributed by atoms with Gasteiger partial charge in [0.15, 0.2) is 0 Å². The third-order valence-corrected chi connectivity index (χ3v) is 5.21. The molecule has 0 radical (unpaired) electrons. The van der Waals surface area contributed by atoms with Crippen molar-refractivity contribution in [2.75, 3.05) is 11.9 Å². The van der Waals surface area contributed by atoms with E-state index in [4.69, 9.17) is 0 Å². The summed E-state index contributed by atoms with van der Waals surface area (Å²) in [4.78, 5) is 4.20. The molecule has 0 aliphatic heterocycles. The molecule has 0 bridgehead atoms. The van der Waals surface area contributed by atoms with Gasteiger partial charge in [0.2, 0.25) is 10.0 Å². The first-order valence-electron chi connectivity index (χ1n) is 7.44. The van der Waals surface area contributed by atoms with Crippen LogP contribution in [0.1, 0.15) is 39.0 Å². The predicted octanol–water partition coefficient (Wildman–Crippen LogP) is 1.49. The Balaban J connectivity index is 2.21. The van der Waals surface area contributed by atoms with Gasteiger partial charge in [0.05, 0.1) is 6.10 Å². The van der Waals surface area contributed by atoms with Gasteiger partial charge in [-0.25, -0.2) is 18.1 Å². The molecular weight excluding hydrogens is 290 g/mol. The summed E-state index contributed by atoms with van der Waals surface area (Å²) in [5, 5.41) is 13.0. The number of aliphatic hydroxyl groups excluding tert-OH is 1. The number of pyridine rings is 1. The molecule has 1 fully saturated rings. The standard InChI is InChI=1S/C14H23N3O3S/c1-2-15-14-13(9-6-10-16-14)21(19,20)17-11-7-4-3-5-8-12(11)18/h6,9-12,17-18H,2-5,7-8H2,1H3,(H,15,16). The summed E-state index contributed by atoms with van der Waals surface area (Å²) < 4.78 is 27.7. The Morgan fingerprint density at radius 3 is 2.86 bits per heavy atom. The number of nitrogens with zero attached hydrogens (tertiary/aromatic N) is 1. The SMILES string of the molecule is CCNc1ncccc1S(=O)(=O)NC1CCCCCC1O. The van der Waals surface area contributed by atoms with Crippen molar-refractivity contribution in [2.24, 2.45) is 0 Å². The van der Waals surface area contributed by atoms with E-state index in [0.717, 1.165) is 19.3 Å². The number of hydrogen-bond donors (Lipinski definition) is 3. The Morgan fingerprint density at radius 2 is 2.10 bits per heavy atom. The molecule has 2 unspecified atom stereocenters. The molecule has 1 aromatic heterocycles. The number of aromatic nitrogens is 1. The highest BCUT2D eigenvalue weighted by Crippen LogP contribution is 2.22. The largest absolute Gasteiger partial charge is 0.391 e. The minimum absolute atomic E-state index is 0.128. The van der Waals surface area contributed by atoms with Crippen molar-refractivity contribution >= 4 is 15.8 Å². The quantitative estimate of drug-likeness (QED) is 0.716. The third kappa shape index (κ3) is 4.15. The summed E-state index contributed by atoms with van der Waals surface area (Å²) in [6.07, 6.45) is 5.13. The number of sulfonamides is 1. The van der Waals surface area contributed by atoms with Gasteiger partial charge in [0.1, 0.15) is 10.7 Å². The van der Waals surface area contributed by atoms with Crippen LogP contribution in [-0.2, 0) is 10.0 Å². The highest BCUT2D eigenvalue weighted by atomic mass is 32.2. The lowest BCUT2D eigenvalue weighted by Crippen LogP contribution is -2.42. The zero-order valence-electron chi connectivity index (χ0n) is 12.2. The molecule has 0 aromatic carbocycles. The van der Waals surface area contributed by atoms with Crippen LogP contribution in [-0.4, -0.2) is 37.2 Å². The van der Waals surface area contributed by atoms with Crippen LogP contribution in [0, 0.1) is 0 Å². The summed E-state index contributed by atoms with van der Waals surface area (Å²) in [7, 11) is -3.70. The van der Waals surface area contributed by atoms with E-state index in [9.17, 15) is 13.5 Å². The fourth-order valence-electron chi connectivity index (χ4n) is 2.60. The van der Waals surface area contributed by atoms with Crippen LogP contribution in [0.2, 0.25) is 0 Å². The number of nitrogens with one attached hydrogen (secondary N) is 2. The normalized spacial score (nSPS) is 23.5. The van der Waals surface area contributed by atoms with Crippen LogP contribution in [0.3, 0.4) is 0 Å². The molecule has 2 atom stereocenters. The van der Waals surface area contributed by atoms with Gasteiger partial charge in [0.25, 0.3) is 0 Å². The molecule has 1 saturated carbocycles. The molecule has 3 N–H and O–H groups in total. The van der Waals surface area contributed by atoms with E-state index in [1.165, 1.54) is 6.07 Å². The van der Waals surface area contributed by atoms with Crippen molar-refractivity contribution in [2.45, 2.75) is 56.1 Å². The lowest BCUT2D eigenvalue weighted by atomic mass is 10.1. The molecule has 0 saturated heterocycles. The Labute approximate surface area is 126 Å². The van der Waals surface area contributed by atoms with Crippen molar-refractivity contribution < 1.29 is 13.5 Å². The average Bonchev–Trinajstić information content (AvgIpc) is 2.65. The molecule has 21 heavy (non-hydrogen) atoms. The zero-order chi connectivity index (χ0) is 15.3. The van der Waals surface area contributed by atoms with E-state index >= 15 is 0 Å². The molecule has 1 aromatic rings. The Kier molecular flexibility index (Phi) is 5.55. The second-order valence-electron chi connectivity index (χ2n) is 5.31. The zero-order valence-corrected chi connectivity index (χ0v) is 13.1. The van der Waals surface area contributed by atoms with E-state index in [2.05, 4.69) is 15.0 Å². The molecular formula is C14H23N3O3S. The minimum atomic E-state index is -3.70. The van der Waals surface area contributed by atoms with E-state index in [1.54, 1.807) is 12.3 Å². The Hall–Kier alpha value is -1.18. The first-order chi connectivity index (χ1) is 10.0. The van der Waals surface area contributed by atoms with Gasteiger partial charge >= 0.3 is 0 Å². The molecule has 6 nitrogen and oxygen atoms in total. The minimum Gasteiger partial charge on any atom is -0.391 e. The van der Waals surface area contributed by atoms with E-state index in [1.807, 2.05) is 6.92 Å². The smallest absolute Gasteiger partial charge is 0.244 e. The molecule has 1 heterocycles. The summed E-state index contributed by atoms with van der Waals surface area (Å²) in [6, 6.07) is 2.70. The van der Waals surface area contributed by atoms with Crippen molar-refractivity contribution in [3.8, 4) is 0 Å². The van der Waals surface area contributed by atoms with Gasteiger partial charge in [-0.1, -0.05) is 19.3 Å². The second kappa shape index (κ2) is 7.20. The van der Waals surface area contributed by atoms with Crippen molar-refractivity contribution in [3.63, 3.8) is 0 Å². The van der Waals surface area contributed by atoms with Crippen molar-refractivity contribution in [3.05, 3.63) is 18.3 Å². The van der Waals surface area contributed by atoms with Crippen LogP contribution in [0.4, 0.5) is 5.82 Å². The van der Waals surface area contributed by atoms with Crippen LogP contribution in [0.15, 0.2) is 23.2 Å². The molecule has 0 spiro atoms. The highest BCUT2D eigenvalue weighted by molar-refractivity contribution is 7.89. The summed E-state index contributed by atoms with van der Waals surface area (Å²) in [5.41, 5.74) is 0. The predicted molar refractivity (Wildman–Crippen MR) is 81.6 cm³/mol. The molecule has 1 aliphatic carbocycles. The molecule has 118 valence electrons. The molecule has 0 amide bonds. The lowest BCUT2D eigenvalue weighted by Gasteiger charge is -2.22. The number of anilines is 1. The van der Waals surface area contributed by atoms with E-state index in [0.29, 0.717) is 25.2 Å². The van der Waals surface area contributed by atoms with E-state index < -0.39 is 22.2 Å². The molecule has 7 heteroatoms. The van der Waals surface area contributed by atoms with Gasteiger partial charge in [-0.15, -0.1) is 0 Å². The third-order valence-electron chi connectivity index (χ3n) is 3.69. The Bertz CT molecular complexity index is 562. The maximum Gasteiger partial charge on any atom is 0.244 e. The topological polar surface area (TPSA) is 91.3 Å². The average molecular weight is 313 g/mol.